The van der Waals surface area contributed by atoms with E-state index in [4.69, 9.17) is 11.5 Å². The van der Waals surface area contributed by atoms with E-state index in [1.165, 1.54) is 106 Å². The highest BCUT2D eigenvalue weighted by Gasteiger charge is 2.22. The Morgan fingerprint density at radius 2 is 0.689 bits per heavy atom. The zero-order chi connectivity index (χ0) is 74.1. The second-order valence-electron chi connectivity index (χ2n) is 27.6. The van der Waals surface area contributed by atoms with Gasteiger partial charge in [0, 0.05) is 76.3 Å². The molecule has 0 saturated heterocycles. The largest absolute Gasteiger partial charge is 0.744 e. The van der Waals surface area contributed by atoms with Crippen LogP contribution < -0.4 is 40.9 Å². The second-order valence-corrected chi connectivity index (χ2v) is 28.9. The summed E-state index contributed by atoms with van der Waals surface area (Å²) >= 11 is 0. The van der Waals surface area contributed by atoms with Gasteiger partial charge in [-0.1, -0.05) is 182 Å². The number of rotatable bonds is 15. The number of carbonyl (C=O) groups is 1. The molecule has 13 heteroatoms. The number of hydrogen-bond donors (Lipinski definition) is 5. The molecule has 528 valence electrons. The summed E-state index contributed by atoms with van der Waals surface area (Å²) in [6.45, 7) is 3.64. The first-order valence-electron chi connectivity index (χ1n) is 34.8. The van der Waals surface area contributed by atoms with Crippen LogP contribution in [-0.4, -0.2) is 121 Å². The predicted octanol–water partition coefficient (Wildman–Crippen LogP) is 12.5. The Bertz CT molecular complexity index is 4640. The highest BCUT2D eigenvalue weighted by Crippen LogP contribution is 2.37. The molecule has 0 radical (unpaired) electrons. The van der Waals surface area contributed by atoms with E-state index in [1.807, 2.05) is 55.5 Å². The Morgan fingerprint density at radius 1 is 0.369 bits per heavy atom. The van der Waals surface area contributed by atoms with Crippen molar-refractivity contribution < 1.29 is 32.5 Å². The number of nitrogens with zero attached hydrogens (tertiary/aromatic N) is 3. The van der Waals surface area contributed by atoms with Gasteiger partial charge in [0.1, 0.15) is 28.2 Å². The van der Waals surface area contributed by atoms with Crippen molar-refractivity contribution in [2.45, 2.75) is 36.9 Å². The molecular weight excluding hydrogens is 1290 g/mol. The summed E-state index contributed by atoms with van der Waals surface area (Å²) in [5.74, 6) is -0.0953. The van der Waals surface area contributed by atoms with Crippen LogP contribution in [0.25, 0.3) is 22.3 Å². The number of nitrogens with one attached hydrogen (secondary N) is 3. The van der Waals surface area contributed by atoms with Gasteiger partial charge in [0.15, 0.2) is 5.78 Å². The van der Waals surface area contributed by atoms with Crippen molar-refractivity contribution in [3.05, 3.63) is 369 Å². The lowest BCUT2D eigenvalue weighted by Crippen LogP contribution is -3.09. The van der Waals surface area contributed by atoms with Crippen molar-refractivity contribution in [1.29, 1.82) is 0 Å². The molecule has 0 atom stereocenters. The topological polar surface area (TPSA) is 149 Å². The lowest BCUT2D eigenvalue weighted by atomic mass is 9.89. The molecule has 4 aliphatic rings. The first-order chi connectivity index (χ1) is 49.2. The molecule has 0 aromatic heterocycles. The maximum atomic E-state index is 11.8. The zero-order valence-electron chi connectivity index (χ0n) is 62.0. The number of nitrogens with two attached hydrogens (primary N) is 2. The molecule has 7 N–H and O–H groups in total. The standard InChI is InChI=1S/C25H31N3.C23H26N2.C21H23N3.C21H18O4S/c1-26(2)22-13-7-19(8-14-22)25(20-9-15-23(16-10-20)27(3)4)21-11-17-24(18-12-21)28(5)6;1-24(2)21-14-10-19(11-15-21)23(18-8-6-5-7-9-18)20-12-16-22(17-13-20)25(3)4;1-24(2)20-13-7-17(8-14-20)21(15-3-9-18(22)10-4-15)16-5-11-19(23)12-6-16;1-14-6-5-7-16(12-14)21(17-10-11-19(22)15(2)13-17)18-8-3-4-9-20(18)26(23,24)25/h7-18,22H,1-6H3;5-17,21H,1-4H3;3-14,20H,22-23H2,1-2H3;3-13H,1-2H3,(H,23,24,25)/p+2/b;;;21-17-. The van der Waals surface area contributed by atoms with Gasteiger partial charge in [-0.3, -0.25) is 4.79 Å². The molecule has 0 heterocycles. The van der Waals surface area contributed by atoms with Gasteiger partial charge in [0.25, 0.3) is 0 Å². The number of anilines is 5. The van der Waals surface area contributed by atoms with Crippen molar-refractivity contribution in [1.82, 2.24) is 0 Å². The van der Waals surface area contributed by atoms with E-state index in [-0.39, 0.29) is 10.7 Å². The van der Waals surface area contributed by atoms with E-state index >= 15 is 0 Å². The molecule has 8 aromatic rings. The Hall–Kier alpha value is -10.9. The van der Waals surface area contributed by atoms with Crippen molar-refractivity contribution in [2.75, 3.05) is 111 Å². The predicted molar refractivity (Wildman–Crippen MR) is 433 cm³/mol. The van der Waals surface area contributed by atoms with Crippen LogP contribution in [0.15, 0.2) is 324 Å². The number of carbonyl (C=O) groups excluding carboxylic acids is 1. The van der Waals surface area contributed by atoms with Crippen molar-refractivity contribution in [3.63, 3.8) is 0 Å². The average Bonchev–Trinajstić information content (AvgIpc) is 0.794. The van der Waals surface area contributed by atoms with Gasteiger partial charge in [0.2, 0.25) is 0 Å². The smallest absolute Gasteiger partial charge is 0.181 e. The highest BCUT2D eigenvalue weighted by atomic mass is 32.2. The second kappa shape index (κ2) is 35.1. The van der Waals surface area contributed by atoms with Crippen molar-refractivity contribution in [3.8, 4) is 0 Å². The monoisotopic (exact) mass is 1390 g/mol. The molecule has 8 aromatic carbocycles. The van der Waals surface area contributed by atoms with Gasteiger partial charge in [-0.15, -0.1) is 0 Å². The van der Waals surface area contributed by atoms with Crippen molar-refractivity contribution in [2.24, 2.45) is 0 Å². The van der Waals surface area contributed by atoms with E-state index in [2.05, 4.69) is 300 Å². The van der Waals surface area contributed by atoms with Crippen LogP contribution in [0.2, 0.25) is 0 Å². The quantitative estimate of drug-likeness (QED) is 0.0499. The van der Waals surface area contributed by atoms with Crippen LogP contribution in [0.1, 0.15) is 57.0 Å². The Morgan fingerprint density at radius 3 is 1.01 bits per heavy atom. The third-order valence-corrected chi connectivity index (χ3v) is 19.3. The molecule has 0 amide bonds. The molecule has 0 saturated carbocycles. The molecule has 12 rings (SSSR count). The average molecular weight is 1390 g/mol. The molecule has 0 bridgehead atoms. The number of quaternary nitrogens is 3. The lowest BCUT2D eigenvalue weighted by Gasteiger charge is -2.20. The number of aryl methyl sites for hydroxylation is 1. The normalized spacial score (nSPS) is 16.3. The molecule has 0 aliphatic heterocycles. The highest BCUT2D eigenvalue weighted by molar-refractivity contribution is 7.85. The number of nitrogen functional groups attached to an aromatic ring is 2. The molecule has 12 nitrogen and oxygen atoms in total. The zero-order valence-corrected chi connectivity index (χ0v) is 62.8. The third kappa shape index (κ3) is 20.2. The van der Waals surface area contributed by atoms with Crippen LogP contribution in [0.3, 0.4) is 0 Å². The number of ketones is 1. The van der Waals surface area contributed by atoms with E-state index in [9.17, 15) is 17.8 Å². The number of allylic oxidation sites excluding steroid dienone is 14. The van der Waals surface area contributed by atoms with Crippen LogP contribution >= 0.6 is 0 Å². The first kappa shape index (κ1) is 76.3. The van der Waals surface area contributed by atoms with E-state index in [0.717, 1.165) is 33.6 Å². The Labute approximate surface area is 612 Å². The Kier molecular flexibility index (Phi) is 26.0. The summed E-state index contributed by atoms with van der Waals surface area (Å²) < 4.78 is 35.4. The van der Waals surface area contributed by atoms with Crippen LogP contribution in [0.5, 0.6) is 0 Å². The van der Waals surface area contributed by atoms with E-state index in [1.54, 1.807) is 31.2 Å². The van der Waals surface area contributed by atoms with Gasteiger partial charge in [-0.05, 0) is 218 Å². The molecular formula is C90H100N8O4S+2. The minimum atomic E-state index is -4.66. The first-order valence-corrected chi connectivity index (χ1v) is 36.3. The van der Waals surface area contributed by atoms with E-state index < -0.39 is 10.1 Å². The molecule has 0 spiro atoms. The number of likely N-dealkylation sites (N-methyl/N-ethyl adjacent to an activating group) is 3. The van der Waals surface area contributed by atoms with Crippen LogP contribution in [0, 0.1) is 6.92 Å². The van der Waals surface area contributed by atoms with Gasteiger partial charge in [0.05, 0.1) is 47.2 Å². The molecule has 0 fully saturated rings. The summed E-state index contributed by atoms with van der Waals surface area (Å²) in [5.41, 5.74) is 35.6. The number of hydrogen-bond acceptors (Lipinski definition) is 9. The molecule has 103 heavy (non-hydrogen) atoms. The third-order valence-electron chi connectivity index (χ3n) is 18.4. The van der Waals surface area contributed by atoms with Gasteiger partial charge >= 0.3 is 0 Å². The van der Waals surface area contributed by atoms with Gasteiger partial charge in [-0.2, -0.15) is 0 Å². The summed E-state index contributed by atoms with van der Waals surface area (Å²) in [6, 6.07) is 68.1. The molecule has 4 aliphatic carbocycles. The van der Waals surface area contributed by atoms with E-state index in [0.29, 0.717) is 40.4 Å². The minimum absolute atomic E-state index is 0.0953. The van der Waals surface area contributed by atoms with Crippen molar-refractivity contribution >= 4 is 66.6 Å². The summed E-state index contributed by atoms with van der Waals surface area (Å²) in [7, 11) is 20.9. The minimum Gasteiger partial charge on any atom is -0.744 e. The Balaban J connectivity index is 0.000000160. The summed E-state index contributed by atoms with van der Waals surface area (Å²) in [4.78, 5) is 22.1. The SMILES string of the molecule is CC1=C/C(=C(/c2cccc(C)c2)c2ccccc2S(=O)(=O)[O-])C=CC1=O.CN(C)c1ccc(C(=C2C=CC([NH+](C)C)C=C2)c2ccc(N(C)C)cc2)cc1.CN(C)c1ccc(C(=C2C=CC([NH+](C)C)C=C2)c2ccccc2)cc1.C[NH+](C)C1C=CC(=C(c2ccc(N)cc2)c2ccc(N)cc2)C=C1. The van der Waals surface area contributed by atoms with Gasteiger partial charge < -0.3 is 45.4 Å². The van der Waals surface area contributed by atoms with Gasteiger partial charge in [-0.25, -0.2) is 8.42 Å². The maximum Gasteiger partial charge on any atom is 0.181 e. The summed E-state index contributed by atoms with van der Waals surface area (Å²) in [5, 5.41) is 0. The van der Waals surface area contributed by atoms with Crippen LogP contribution in [0.4, 0.5) is 28.4 Å². The fourth-order valence-corrected chi connectivity index (χ4v) is 13.1. The fourth-order valence-electron chi connectivity index (χ4n) is 12.4. The fraction of sp³-hybridized carbons (Fsp3) is 0.189. The number of benzene rings is 8. The molecule has 0 unspecified atom stereocenters. The van der Waals surface area contributed by atoms with Crippen LogP contribution in [-0.2, 0) is 14.9 Å². The summed E-state index contributed by atoms with van der Waals surface area (Å²) in [6.07, 6.45) is 32.0. The maximum absolute atomic E-state index is 11.8. The lowest BCUT2D eigenvalue weighted by molar-refractivity contribution is -0.871.